The van der Waals surface area contributed by atoms with Gasteiger partial charge in [0.25, 0.3) is 5.91 Å². The number of aryl methyl sites for hydroxylation is 1. The maximum absolute atomic E-state index is 13.1. The fourth-order valence-electron chi connectivity index (χ4n) is 3.64. The lowest BCUT2D eigenvalue weighted by Gasteiger charge is -2.15. The summed E-state index contributed by atoms with van der Waals surface area (Å²) < 4.78 is 2.64. The number of benzene rings is 3. The Morgan fingerprint density at radius 1 is 0.964 bits per heavy atom. The maximum atomic E-state index is 13.1. The molecule has 5 rings (SSSR count). The first-order valence-corrected chi connectivity index (χ1v) is 10.1. The van der Waals surface area contributed by atoms with Crippen molar-refractivity contribution in [2.24, 2.45) is 7.05 Å². The number of hydrogen-bond acceptors (Lipinski definition) is 3. The highest BCUT2D eigenvalue weighted by molar-refractivity contribution is 8.27. The van der Waals surface area contributed by atoms with Crippen molar-refractivity contribution < 1.29 is 4.79 Å². The van der Waals surface area contributed by atoms with Gasteiger partial charge >= 0.3 is 0 Å². The van der Waals surface area contributed by atoms with E-state index >= 15 is 0 Å². The third-order valence-electron chi connectivity index (χ3n) is 5.00. The van der Waals surface area contributed by atoms with Crippen molar-refractivity contribution in [2.45, 2.75) is 0 Å². The zero-order valence-electron chi connectivity index (χ0n) is 15.1. The average Bonchev–Trinajstić information content (AvgIpc) is 3.18. The molecule has 1 aliphatic heterocycles. The van der Waals surface area contributed by atoms with E-state index in [0.717, 1.165) is 32.9 Å². The Morgan fingerprint density at radius 2 is 1.71 bits per heavy atom. The van der Waals surface area contributed by atoms with Crippen LogP contribution in [0.1, 0.15) is 5.56 Å². The summed E-state index contributed by atoms with van der Waals surface area (Å²) in [5, 5.41) is 3.36. The molecular weight excluding hydrogens is 384 g/mol. The molecule has 1 aliphatic rings. The molecule has 1 saturated heterocycles. The van der Waals surface area contributed by atoms with Gasteiger partial charge in [0.2, 0.25) is 0 Å². The molecule has 136 valence electrons. The van der Waals surface area contributed by atoms with Crippen molar-refractivity contribution in [3.63, 3.8) is 0 Å². The van der Waals surface area contributed by atoms with E-state index in [4.69, 9.17) is 12.2 Å². The van der Waals surface area contributed by atoms with Crippen LogP contribution in [0.25, 0.3) is 27.8 Å². The van der Waals surface area contributed by atoms with E-state index in [2.05, 4.69) is 22.8 Å². The molecule has 0 spiro atoms. The van der Waals surface area contributed by atoms with E-state index in [9.17, 15) is 4.79 Å². The van der Waals surface area contributed by atoms with Gasteiger partial charge in [-0.05, 0) is 35.0 Å². The number of hydrogen-bond donors (Lipinski definition) is 0. The Bertz CT molecular complexity index is 1300. The number of anilines is 1. The highest BCUT2D eigenvalue weighted by Crippen LogP contribution is 2.37. The lowest BCUT2D eigenvalue weighted by molar-refractivity contribution is -0.113. The predicted octanol–water partition coefficient (Wildman–Crippen LogP) is 5.74. The molecule has 0 saturated carbocycles. The van der Waals surface area contributed by atoms with Crippen LogP contribution in [-0.2, 0) is 11.8 Å². The molecule has 1 amide bonds. The van der Waals surface area contributed by atoms with Crippen molar-refractivity contribution >= 4 is 67.6 Å². The van der Waals surface area contributed by atoms with Gasteiger partial charge in [-0.15, -0.1) is 0 Å². The van der Waals surface area contributed by atoms with Crippen LogP contribution in [0.2, 0.25) is 0 Å². The third-order valence-corrected chi connectivity index (χ3v) is 6.30. The smallest absolute Gasteiger partial charge is 0.270 e. The van der Waals surface area contributed by atoms with Crippen LogP contribution in [0.4, 0.5) is 5.69 Å². The number of thioether (sulfide) groups is 1. The number of thiocarbonyl (C=S) groups is 1. The Hall–Kier alpha value is -2.89. The van der Waals surface area contributed by atoms with Gasteiger partial charge in [0.15, 0.2) is 4.32 Å². The summed E-state index contributed by atoms with van der Waals surface area (Å²) >= 11 is 6.89. The molecule has 3 aromatic carbocycles. The van der Waals surface area contributed by atoms with Crippen molar-refractivity contribution in [2.75, 3.05) is 4.90 Å². The Morgan fingerprint density at radius 3 is 2.57 bits per heavy atom. The topological polar surface area (TPSA) is 25.2 Å². The standard InChI is InChI=1S/C23H16N2OS2/c1-24-14-17(19-8-4-5-9-20(19)24)13-21-22(26)25(23(27)28-21)18-11-10-15-6-2-3-7-16(15)12-18/h2-14H,1H3. The first-order chi connectivity index (χ1) is 13.6. The third kappa shape index (κ3) is 2.75. The molecule has 3 nitrogen and oxygen atoms in total. The minimum absolute atomic E-state index is 0.0711. The number of rotatable bonds is 2. The van der Waals surface area contributed by atoms with Crippen LogP contribution in [-0.4, -0.2) is 14.8 Å². The lowest BCUT2D eigenvalue weighted by atomic mass is 10.1. The zero-order valence-corrected chi connectivity index (χ0v) is 16.8. The highest BCUT2D eigenvalue weighted by Gasteiger charge is 2.33. The van der Waals surface area contributed by atoms with Gasteiger partial charge in [-0.3, -0.25) is 9.69 Å². The molecule has 2 heterocycles. The average molecular weight is 401 g/mol. The van der Waals surface area contributed by atoms with Gasteiger partial charge in [-0.1, -0.05) is 72.5 Å². The number of carbonyl (C=O) groups is 1. The summed E-state index contributed by atoms with van der Waals surface area (Å²) in [4.78, 5) is 15.4. The second-order valence-corrected chi connectivity index (χ2v) is 8.44. The molecule has 28 heavy (non-hydrogen) atoms. The molecule has 4 aromatic rings. The summed E-state index contributed by atoms with van der Waals surface area (Å²) in [6.07, 6.45) is 4.00. The Kier molecular flexibility index (Phi) is 4.07. The number of nitrogens with zero attached hydrogens (tertiary/aromatic N) is 2. The monoisotopic (exact) mass is 400 g/mol. The Balaban J connectivity index is 1.55. The second-order valence-electron chi connectivity index (χ2n) is 6.76. The van der Waals surface area contributed by atoms with E-state index in [1.165, 1.54) is 11.8 Å². The van der Waals surface area contributed by atoms with Gasteiger partial charge in [-0.2, -0.15) is 0 Å². The summed E-state index contributed by atoms with van der Waals surface area (Å²) in [5.41, 5.74) is 2.97. The second kappa shape index (κ2) is 6.62. The minimum atomic E-state index is -0.0711. The Labute approximate surface area is 172 Å². The fraction of sp³-hybridized carbons (Fsp3) is 0.0435. The summed E-state index contributed by atoms with van der Waals surface area (Å²) in [6, 6.07) is 22.3. The fourth-order valence-corrected chi connectivity index (χ4v) is 4.93. The minimum Gasteiger partial charge on any atom is -0.350 e. The van der Waals surface area contributed by atoms with Crippen LogP contribution in [0.5, 0.6) is 0 Å². The molecule has 0 radical (unpaired) electrons. The molecule has 1 fully saturated rings. The maximum Gasteiger partial charge on any atom is 0.270 e. The quantitative estimate of drug-likeness (QED) is 0.317. The van der Waals surface area contributed by atoms with Crippen molar-refractivity contribution in [3.05, 3.63) is 83.4 Å². The molecule has 0 bridgehead atoms. The van der Waals surface area contributed by atoms with Gasteiger partial charge in [0.1, 0.15) is 0 Å². The van der Waals surface area contributed by atoms with E-state index in [1.807, 2.05) is 67.9 Å². The lowest BCUT2D eigenvalue weighted by Crippen LogP contribution is -2.27. The first-order valence-electron chi connectivity index (χ1n) is 8.93. The SMILES string of the molecule is Cn1cc(C=C2SC(=S)N(c3ccc4ccccc4c3)C2=O)c2ccccc21. The molecule has 1 aromatic heterocycles. The van der Waals surface area contributed by atoms with Gasteiger partial charge in [0.05, 0.1) is 10.6 Å². The highest BCUT2D eigenvalue weighted by atomic mass is 32.2. The normalized spacial score (nSPS) is 16.0. The van der Waals surface area contributed by atoms with Crippen molar-refractivity contribution in [1.82, 2.24) is 4.57 Å². The summed E-state index contributed by atoms with van der Waals surface area (Å²) in [7, 11) is 2.01. The number of para-hydroxylation sites is 1. The molecule has 0 N–H and O–H groups in total. The van der Waals surface area contributed by atoms with E-state index in [1.54, 1.807) is 4.90 Å². The summed E-state index contributed by atoms with van der Waals surface area (Å²) in [6.45, 7) is 0. The van der Waals surface area contributed by atoms with Gasteiger partial charge in [0, 0.05) is 29.7 Å². The molecule has 5 heteroatoms. The largest absolute Gasteiger partial charge is 0.350 e. The molecule has 0 aliphatic carbocycles. The zero-order chi connectivity index (χ0) is 19.3. The van der Waals surface area contributed by atoms with Crippen LogP contribution in [0.3, 0.4) is 0 Å². The van der Waals surface area contributed by atoms with Crippen LogP contribution in [0.15, 0.2) is 77.8 Å². The first kappa shape index (κ1) is 17.2. The molecule has 0 atom stereocenters. The molecular formula is C23H16N2OS2. The van der Waals surface area contributed by atoms with Crippen molar-refractivity contribution in [1.29, 1.82) is 0 Å². The number of aromatic nitrogens is 1. The van der Waals surface area contributed by atoms with E-state index in [-0.39, 0.29) is 5.91 Å². The van der Waals surface area contributed by atoms with E-state index < -0.39 is 0 Å². The van der Waals surface area contributed by atoms with E-state index in [0.29, 0.717) is 9.23 Å². The number of carbonyl (C=O) groups excluding carboxylic acids is 1. The van der Waals surface area contributed by atoms with Crippen LogP contribution >= 0.6 is 24.0 Å². The molecule has 0 unspecified atom stereocenters. The van der Waals surface area contributed by atoms with Crippen LogP contribution in [0, 0.1) is 0 Å². The number of amides is 1. The van der Waals surface area contributed by atoms with Gasteiger partial charge in [-0.25, -0.2) is 0 Å². The summed E-state index contributed by atoms with van der Waals surface area (Å²) in [5.74, 6) is -0.0711. The van der Waals surface area contributed by atoms with Gasteiger partial charge < -0.3 is 4.57 Å². The predicted molar refractivity (Wildman–Crippen MR) is 123 cm³/mol. The van der Waals surface area contributed by atoms with Crippen LogP contribution < -0.4 is 4.90 Å². The number of fused-ring (bicyclic) bond motifs is 2. The van der Waals surface area contributed by atoms with Crippen molar-refractivity contribution in [3.8, 4) is 0 Å².